The van der Waals surface area contributed by atoms with E-state index in [1.807, 2.05) is 0 Å². The van der Waals surface area contributed by atoms with Crippen molar-refractivity contribution in [2.45, 2.75) is 9.79 Å². The van der Waals surface area contributed by atoms with Crippen LogP contribution in [-0.2, 0) is 20.2 Å². The molecule has 0 radical (unpaired) electrons. The maximum atomic E-state index is 11.4. The number of hydrogen-bond acceptors (Lipinski definition) is 6. The Morgan fingerprint density at radius 3 is 1.27 bits per heavy atom. The summed E-state index contributed by atoms with van der Waals surface area (Å²) < 4.78 is 75.1. The van der Waals surface area contributed by atoms with E-state index >= 15 is 0 Å². The molecule has 8 nitrogen and oxygen atoms in total. The first-order chi connectivity index (χ1) is 12.1. The number of ether oxygens (including phenoxy) is 2. The number of hydrogen-bond donors (Lipinski definition) is 2. The number of benzene rings is 3. The third-order valence-electron chi connectivity index (χ3n) is 3.96. The van der Waals surface area contributed by atoms with E-state index in [4.69, 9.17) is 9.47 Å². The predicted octanol–water partition coefficient (Wildman–Crippen LogP) is 2.50. The Labute approximate surface area is 149 Å². The lowest BCUT2D eigenvalue weighted by Crippen LogP contribution is -2.01. The molecule has 0 aliphatic heterocycles. The molecule has 0 aliphatic rings. The zero-order chi connectivity index (χ0) is 19.3. The molecule has 0 spiro atoms. The summed E-state index contributed by atoms with van der Waals surface area (Å²) in [7, 11) is -6.11. The summed E-state index contributed by atoms with van der Waals surface area (Å²) in [6.45, 7) is 0. The number of rotatable bonds is 4. The molecule has 0 amide bonds. The summed E-state index contributed by atoms with van der Waals surface area (Å²) in [4.78, 5) is -0.640. The summed E-state index contributed by atoms with van der Waals surface area (Å²) in [5, 5.41) is 1.59. The van der Waals surface area contributed by atoms with Crippen LogP contribution in [0.5, 0.6) is 11.5 Å². The quantitative estimate of drug-likeness (QED) is 0.507. The van der Waals surface area contributed by atoms with Gasteiger partial charge in [-0.15, -0.1) is 0 Å². The first kappa shape index (κ1) is 18.4. The molecule has 0 aromatic heterocycles. The highest BCUT2D eigenvalue weighted by Gasteiger charge is 2.20. The van der Waals surface area contributed by atoms with Crippen LogP contribution < -0.4 is 9.47 Å². The number of methoxy groups -OCH3 is 2. The van der Waals surface area contributed by atoms with E-state index in [1.54, 1.807) is 0 Å². The van der Waals surface area contributed by atoms with Crippen molar-refractivity contribution < 1.29 is 35.4 Å². The van der Waals surface area contributed by atoms with Crippen LogP contribution in [0.15, 0.2) is 46.2 Å². The van der Waals surface area contributed by atoms with Gasteiger partial charge >= 0.3 is 0 Å². The summed E-state index contributed by atoms with van der Waals surface area (Å²) >= 11 is 0. The third kappa shape index (κ3) is 2.97. The van der Waals surface area contributed by atoms with Gasteiger partial charge in [0.25, 0.3) is 20.2 Å². The molecule has 0 fully saturated rings. The third-order valence-corrected chi connectivity index (χ3v) is 5.66. The summed E-state index contributed by atoms with van der Waals surface area (Å²) in [6.07, 6.45) is 0. The smallest absolute Gasteiger partial charge is 0.294 e. The van der Waals surface area contributed by atoms with Gasteiger partial charge in [-0.05, 0) is 36.4 Å². The van der Waals surface area contributed by atoms with Gasteiger partial charge in [-0.25, -0.2) is 0 Å². The van der Waals surface area contributed by atoms with Crippen LogP contribution in [0.3, 0.4) is 0 Å². The topological polar surface area (TPSA) is 127 Å². The van der Waals surface area contributed by atoms with Gasteiger partial charge in [-0.3, -0.25) is 9.11 Å². The minimum absolute atomic E-state index is 0.267. The largest absolute Gasteiger partial charge is 0.495 e. The zero-order valence-electron chi connectivity index (χ0n) is 13.6. The average molecular weight is 398 g/mol. The van der Waals surface area contributed by atoms with Crippen molar-refractivity contribution in [3.63, 3.8) is 0 Å². The second-order valence-corrected chi connectivity index (χ2v) is 8.27. The fraction of sp³-hybridized carbons (Fsp3) is 0.125. The molecule has 0 bridgehead atoms. The minimum atomic E-state index is -4.43. The van der Waals surface area contributed by atoms with Crippen molar-refractivity contribution >= 4 is 41.8 Å². The highest BCUT2D eigenvalue weighted by Crippen LogP contribution is 2.43. The second-order valence-electron chi connectivity index (χ2n) is 5.43. The van der Waals surface area contributed by atoms with E-state index in [-0.39, 0.29) is 21.3 Å². The Kier molecular flexibility index (Phi) is 4.31. The van der Waals surface area contributed by atoms with E-state index in [2.05, 4.69) is 0 Å². The lowest BCUT2D eigenvalue weighted by molar-refractivity contribution is 0.417. The Morgan fingerprint density at radius 1 is 0.654 bits per heavy atom. The monoisotopic (exact) mass is 398 g/mol. The highest BCUT2D eigenvalue weighted by molar-refractivity contribution is 7.86. The molecule has 2 N–H and O–H groups in total. The van der Waals surface area contributed by atoms with Crippen molar-refractivity contribution in [1.82, 2.24) is 0 Å². The van der Waals surface area contributed by atoms with Gasteiger partial charge in [0.15, 0.2) is 0 Å². The van der Waals surface area contributed by atoms with Crippen molar-refractivity contribution in [3.05, 3.63) is 36.4 Å². The van der Waals surface area contributed by atoms with Crippen LogP contribution in [0.2, 0.25) is 0 Å². The molecular weight excluding hydrogens is 384 g/mol. The Balaban J connectivity index is 2.55. The SMILES string of the molecule is COc1c2ccc(S(=O)(=O)O)cc2c(OC)c2ccc(S(=O)(=O)O)cc12. The fourth-order valence-corrected chi connectivity index (χ4v) is 3.88. The van der Waals surface area contributed by atoms with Crippen LogP contribution in [0.1, 0.15) is 0 Å². The minimum Gasteiger partial charge on any atom is -0.495 e. The van der Waals surface area contributed by atoms with E-state index in [0.717, 1.165) is 0 Å². The molecule has 0 atom stereocenters. The second kappa shape index (κ2) is 6.09. The van der Waals surface area contributed by atoms with Gasteiger partial charge < -0.3 is 9.47 Å². The molecule has 3 aromatic rings. The van der Waals surface area contributed by atoms with Gasteiger partial charge in [0.2, 0.25) is 0 Å². The molecule has 0 saturated heterocycles. The Bertz CT molecular complexity index is 1140. The molecule has 0 heterocycles. The number of fused-ring (bicyclic) bond motifs is 2. The Hall–Kier alpha value is -2.40. The van der Waals surface area contributed by atoms with E-state index in [0.29, 0.717) is 21.5 Å². The Morgan fingerprint density at radius 2 is 1.00 bits per heavy atom. The van der Waals surface area contributed by atoms with Crippen molar-refractivity contribution in [2.24, 2.45) is 0 Å². The van der Waals surface area contributed by atoms with E-state index < -0.39 is 20.2 Å². The van der Waals surface area contributed by atoms with Crippen molar-refractivity contribution in [2.75, 3.05) is 14.2 Å². The maximum absolute atomic E-state index is 11.4. The normalized spacial score (nSPS) is 12.5. The summed E-state index contributed by atoms with van der Waals surface area (Å²) in [6, 6.07) is 7.69. The molecule has 0 unspecified atom stereocenters. The van der Waals surface area contributed by atoms with Crippen LogP contribution >= 0.6 is 0 Å². The molecular formula is C16H14O8S2. The molecule has 26 heavy (non-hydrogen) atoms. The van der Waals surface area contributed by atoms with Crippen LogP contribution in [-0.4, -0.2) is 40.2 Å². The lowest BCUT2D eigenvalue weighted by Gasteiger charge is -2.16. The van der Waals surface area contributed by atoms with Crippen LogP contribution in [0.25, 0.3) is 21.5 Å². The van der Waals surface area contributed by atoms with Crippen LogP contribution in [0.4, 0.5) is 0 Å². The van der Waals surface area contributed by atoms with Crippen molar-refractivity contribution in [1.29, 1.82) is 0 Å². The van der Waals surface area contributed by atoms with E-state index in [9.17, 15) is 25.9 Å². The van der Waals surface area contributed by atoms with E-state index in [1.165, 1.54) is 50.6 Å². The summed E-state index contributed by atoms with van der Waals surface area (Å²) in [5.74, 6) is 0.534. The zero-order valence-corrected chi connectivity index (χ0v) is 15.3. The first-order valence-corrected chi connectivity index (χ1v) is 10.0. The van der Waals surface area contributed by atoms with Gasteiger partial charge in [0.1, 0.15) is 11.5 Å². The predicted molar refractivity (Wildman–Crippen MR) is 94.2 cm³/mol. The first-order valence-electron chi connectivity index (χ1n) is 7.14. The lowest BCUT2D eigenvalue weighted by atomic mass is 10.0. The van der Waals surface area contributed by atoms with Crippen molar-refractivity contribution in [3.8, 4) is 11.5 Å². The molecule has 10 heteroatoms. The highest BCUT2D eigenvalue weighted by atomic mass is 32.2. The van der Waals surface area contributed by atoms with Gasteiger partial charge in [-0.1, -0.05) is 0 Å². The molecule has 138 valence electrons. The fourth-order valence-electron chi connectivity index (χ4n) is 2.87. The molecule has 3 rings (SSSR count). The van der Waals surface area contributed by atoms with Crippen LogP contribution in [0, 0.1) is 0 Å². The molecule has 3 aromatic carbocycles. The van der Waals surface area contributed by atoms with Gasteiger partial charge in [0.05, 0.1) is 24.0 Å². The van der Waals surface area contributed by atoms with Gasteiger partial charge in [-0.2, -0.15) is 16.8 Å². The average Bonchev–Trinajstić information content (AvgIpc) is 2.56. The van der Waals surface area contributed by atoms with Gasteiger partial charge in [0, 0.05) is 21.5 Å². The molecule has 0 aliphatic carbocycles. The molecule has 0 saturated carbocycles. The summed E-state index contributed by atoms with van der Waals surface area (Å²) in [5.41, 5.74) is 0. The standard InChI is InChI=1S/C16H14O8S2/c1-23-15-11-5-3-10(26(20,21)22)8-14(11)16(24-2)12-6-4-9(7-13(12)15)25(17,18)19/h3-8H,1-2H3,(H,17,18,19)(H,20,21,22). The maximum Gasteiger partial charge on any atom is 0.294 e.